The molecule has 1 aliphatic rings. The SMILES string of the molecule is CC1(C)Oc2cc(C(=O)O)ccc2N(Cc2c(Cl)ccc(Cl)c2Cl)C1=O. The first-order valence-electron chi connectivity index (χ1n) is 7.62. The molecule has 1 heterocycles. The van der Waals surface area contributed by atoms with Crippen molar-refractivity contribution in [2.45, 2.75) is 26.0 Å². The molecule has 136 valence electrons. The lowest BCUT2D eigenvalue weighted by atomic mass is 10.0. The quantitative estimate of drug-likeness (QED) is 0.714. The Hall–Kier alpha value is -1.95. The van der Waals surface area contributed by atoms with Crippen molar-refractivity contribution < 1.29 is 19.4 Å². The minimum atomic E-state index is -1.18. The molecular weight excluding hydrogens is 401 g/mol. The molecule has 3 rings (SSSR count). The first-order chi connectivity index (χ1) is 12.1. The molecule has 0 bridgehead atoms. The second-order valence-electron chi connectivity index (χ2n) is 6.31. The fourth-order valence-corrected chi connectivity index (χ4v) is 3.40. The first kappa shape index (κ1) is 18.8. The van der Waals surface area contributed by atoms with E-state index in [1.165, 1.54) is 23.1 Å². The van der Waals surface area contributed by atoms with Crippen LogP contribution in [0.3, 0.4) is 0 Å². The molecule has 2 aromatic carbocycles. The second kappa shape index (κ2) is 6.65. The van der Waals surface area contributed by atoms with E-state index in [2.05, 4.69) is 0 Å². The molecule has 0 fully saturated rings. The van der Waals surface area contributed by atoms with E-state index in [9.17, 15) is 14.7 Å². The maximum atomic E-state index is 12.9. The van der Waals surface area contributed by atoms with E-state index < -0.39 is 11.6 Å². The molecule has 5 nitrogen and oxygen atoms in total. The van der Waals surface area contributed by atoms with E-state index in [4.69, 9.17) is 39.5 Å². The number of halogens is 3. The highest BCUT2D eigenvalue weighted by Crippen LogP contribution is 2.41. The van der Waals surface area contributed by atoms with Crippen molar-refractivity contribution in [3.63, 3.8) is 0 Å². The zero-order chi connectivity index (χ0) is 19.2. The second-order valence-corrected chi connectivity index (χ2v) is 7.51. The smallest absolute Gasteiger partial charge is 0.335 e. The van der Waals surface area contributed by atoms with Crippen LogP contribution in [0.4, 0.5) is 5.69 Å². The standard InChI is InChI=1S/C18H14Cl3NO4/c1-18(2)17(25)22(8-10-11(19)4-5-12(20)15(10)21)13-6-3-9(16(23)24)7-14(13)26-18/h3-7H,8H2,1-2H3,(H,23,24). The van der Waals surface area contributed by atoms with Gasteiger partial charge in [0.25, 0.3) is 5.91 Å². The summed E-state index contributed by atoms with van der Waals surface area (Å²) in [4.78, 5) is 25.6. The van der Waals surface area contributed by atoms with E-state index in [1.54, 1.807) is 26.0 Å². The summed E-state index contributed by atoms with van der Waals surface area (Å²) < 4.78 is 5.73. The average molecular weight is 415 g/mol. The Morgan fingerprint density at radius 3 is 2.46 bits per heavy atom. The van der Waals surface area contributed by atoms with Crippen LogP contribution in [-0.4, -0.2) is 22.6 Å². The number of hydrogen-bond acceptors (Lipinski definition) is 3. The molecule has 1 aliphatic heterocycles. The molecule has 0 spiro atoms. The third-order valence-electron chi connectivity index (χ3n) is 4.08. The molecule has 0 aromatic heterocycles. The van der Waals surface area contributed by atoms with Gasteiger partial charge in [0.1, 0.15) is 5.75 Å². The fourth-order valence-electron chi connectivity index (χ4n) is 2.73. The largest absolute Gasteiger partial charge is 0.478 e. The summed E-state index contributed by atoms with van der Waals surface area (Å²) >= 11 is 18.6. The Morgan fingerprint density at radius 1 is 1.15 bits per heavy atom. The average Bonchev–Trinajstić information content (AvgIpc) is 2.57. The minimum absolute atomic E-state index is 0.0627. The maximum Gasteiger partial charge on any atom is 0.335 e. The highest BCUT2D eigenvalue weighted by Gasteiger charge is 2.41. The summed E-state index contributed by atoms with van der Waals surface area (Å²) in [5.74, 6) is -1.09. The number of carboxylic acids is 1. The molecule has 26 heavy (non-hydrogen) atoms. The van der Waals surface area contributed by atoms with Crippen molar-refractivity contribution in [2.24, 2.45) is 0 Å². The van der Waals surface area contributed by atoms with Crippen molar-refractivity contribution in [3.8, 4) is 5.75 Å². The third kappa shape index (κ3) is 3.22. The fraction of sp³-hybridized carbons (Fsp3) is 0.222. The number of carbonyl (C=O) groups is 2. The number of anilines is 1. The highest BCUT2D eigenvalue weighted by molar-refractivity contribution is 6.44. The van der Waals surface area contributed by atoms with E-state index in [0.29, 0.717) is 27.0 Å². The van der Waals surface area contributed by atoms with Gasteiger partial charge in [-0.1, -0.05) is 34.8 Å². The molecule has 0 saturated heterocycles. The van der Waals surface area contributed by atoms with Gasteiger partial charge in [0.05, 0.1) is 27.8 Å². The number of rotatable bonds is 3. The molecule has 0 aliphatic carbocycles. The van der Waals surface area contributed by atoms with Gasteiger partial charge >= 0.3 is 5.97 Å². The predicted octanol–water partition coefficient (Wildman–Crippen LogP) is 5.05. The third-order valence-corrected chi connectivity index (χ3v) is 5.28. The normalized spacial score (nSPS) is 15.4. The summed E-state index contributed by atoms with van der Waals surface area (Å²) in [5, 5.41) is 10.2. The number of hydrogen-bond donors (Lipinski definition) is 1. The maximum absolute atomic E-state index is 12.9. The highest BCUT2D eigenvalue weighted by atomic mass is 35.5. The van der Waals surface area contributed by atoms with Crippen LogP contribution in [0.2, 0.25) is 15.1 Å². The Balaban J connectivity index is 2.11. The predicted molar refractivity (Wildman–Crippen MR) is 101 cm³/mol. The van der Waals surface area contributed by atoms with Crippen molar-refractivity contribution in [2.75, 3.05) is 4.90 Å². The van der Waals surface area contributed by atoms with Crippen molar-refractivity contribution in [3.05, 3.63) is 56.5 Å². The lowest BCUT2D eigenvalue weighted by Gasteiger charge is -2.39. The van der Waals surface area contributed by atoms with Crippen molar-refractivity contribution in [1.29, 1.82) is 0 Å². The first-order valence-corrected chi connectivity index (χ1v) is 8.76. The topological polar surface area (TPSA) is 66.8 Å². The van der Waals surface area contributed by atoms with Gasteiger partial charge in [0, 0.05) is 10.6 Å². The van der Waals surface area contributed by atoms with Gasteiger partial charge in [-0.2, -0.15) is 0 Å². The van der Waals surface area contributed by atoms with Crippen LogP contribution in [-0.2, 0) is 11.3 Å². The van der Waals surface area contributed by atoms with Crippen molar-refractivity contribution >= 4 is 52.4 Å². The summed E-state index contributed by atoms with van der Waals surface area (Å²) in [5.41, 5.74) is -0.180. The Kier molecular flexibility index (Phi) is 4.82. The molecule has 1 amide bonds. The molecule has 2 aromatic rings. The van der Waals surface area contributed by atoms with E-state index in [-0.39, 0.29) is 23.0 Å². The van der Waals surface area contributed by atoms with Gasteiger partial charge in [0.15, 0.2) is 5.60 Å². The molecule has 0 saturated carbocycles. The Morgan fingerprint density at radius 2 is 1.81 bits per heavy atom. The van der Waals surface area contributed by atoms with Crippen LogP contribution in [0.25, 0.3) is 0 Å². The molecular formula is C18H14Cl3NO4. The number of nitrogens with zero attached hydrogens (tertiary/aromatic N) is 1. The molecule has 0 atom stereocenters. The number of fused-ring (bicyclic) bond motifs is 1. The van der Waals surface area contributed by atoms with Crippen molar-refractivity contribution in [1.82, 2.24) is 0 Å². The zero-order valence-corrected chi connectivity index (χ0v) is 16.1. The van der Waals surface area contributed by atoms with Crippen LogP contribution < -0.4 is 9.64 Å². The minimum Gasteiger partial charge on any atom is -0.478 e. The van der Waals surface area contributed by atoms with Crippen LogP contribution in [0.15, 0.2) is 30.3 Å². The molecule has 8 heteroatoms. The zero-order valence-electron chi connectivity index (χ0n) is 13.8. The number of carbonyl (C=O) groups excluding carboxylic acids is 1. The monoisotopic (exact) mass is 413 g/mol. The molecule has 0 radical (unpaired) electrons. The number of benzene rings is 2. The number of aromatic carboxylic acids is 1. The molecule has 1 N–H and O–H groups in total. The van der Waals surface area contributed by atoms with Gasteiger partial charge in [-0.3, -0.25) is 4.79 Å². The van der Waals surface area contributed by atoms with Gasteiger partial charge in [-0.05, 0) is 44.2 Å². The van der Waals surface area contributed by atoms with Gasteiger partial charge in [-0.25, -0.2) is 4.79 Å². The summed E-state index contributed by atoms with van der Waals surface area (Å²) in [7, 11) is 0. The number of amides is 1. The summed E-state index contributed by atoms with van der Waals surface area (Å²) in [6, 6.07) is 7.51. The van der Waals surface area contributed by atoms with Gasteiger partial charge in [-0.15, -0.1) is 0 Å². The lowest BCUT2D eigenvalue weighted by molar-refractivity contribution is -0.132. The van der Waals surface area contributed by atoms with Gasteiger partial charge < -0.3 is 14.7 Å². The van der Waals surface area contributed by atoms with Crippen LogP contribution in [0, 0.1) is 0 Å². The summed E-state index contributed by atoms with van der Waals surface area (Å²) in [6.45, 7) is 3.29. The van der Waals surface area contributed by atoms with Crippen LogP contribution in [0.5, 0.6) is 5.75 Å². The lowest BCUT2D eigenvalue weighted by Crippen LogP contribution is -2.52. The van der Waals surface area contributed by atoms with Gasteiger partial charge in [0.2, 0.25) is 0 Å². The van der Waals surface area contributed by atoms with E-state index >= 15 is 0 Å². The Bertz CT molecular complexity index is 927. The Labute approximate surface area is 165 Å². The number of ether oxygens (including phenoxy) is 1. The summed E-state index contributed by atoms with van der Waals surface area (Å²) in [6.07, 6.45) is 0. The van der Waals surface area contributed by atoms with Crippen LogP contribution >= 0.6 is 34.8 Å². The van der Waals surface area contributed by atoms with E-state index in [0.717, 1.165) is 0 Å². The molecule has 0 unspecified atom stereocenters. The van der Waals surface area contributed by atoms with Crippen LogP contribution in [0.1, 0.15) is 29.8 Å². The van der Waals surface area contributed by atoms with E-state index in [1.807, 2.05) is 0 Å². The number of carboxylic acid groups (broad SMARTS) is 1.